The molecule has 5 rings (SSSR count). The zero-order valence-electron chi connectivity index (χ0n) is 23.7. The Hall–Kier alpha value is -4.55. The number of phenolic OH excluding ortho intramolecular Hbond substituents is 1. The maximum atomic E-state index is 14.0. The highest BCUT2D eigenvalue weighted by Crippen LogP contribution is 2.55. The van der Waals surface area contributed by atoms with Crippen LogP contribution in [0.3, 0.4) is 0 Å². The molecule has 4 atom stereocenters. The quantitative estimate of drug-likeness (QED) is 0.313. The summed E-state index contributed by atoms with van der Waals surface area (Å²) in [5, 5.41) is 45.2. The number of benzene rings is 2. The summed E-state index contributed by atoms with van der Waals surface area (Å²) in [6.07, 6.45) is 0.0969. The third-order valence-corrected chi connectivity index (χ3v) is 8.60. The maximum absolute atomic E-state index is 14.0. The lowest BCUT2D eigenvalue weighted by molar-refractivity contribution is -0.153. The fraction of sp³-hybridized carbons (Fsp3) is 0.367. The Balaban J connectivity index is 1.75. The Labute approximate surface area is 241 Å². The number of carbonyl (C=O) groups excluding carboxylic acids is 3. The molecule has 222 valence electrons. The summed E-state index contributed by atoms with van der Waals surface area (Å²) in [6.45, 7) is 0. The van der Waals surface area contributed by atoms with Gasteiger partial charge in [-0.15, -0.1) is 0 Å². The highest BCUT2D eigenvalue weighted by atomic mass is 16.5. The molecule has 2 aromatic carbocycles. The number of likely N-dealkylation sites (N-methyl/N-ethyl adjacent to an activating group) is 1. The summed E-state index contributed by atoms with van der Waals surface area (Å²) >= 11 is 0. The van der Waals surface area contributed by atoms with Gasteiger partial charge in [0.15, 0.2) is 22.9 Å². The highest BCUT2D eigenvalue weighted by molar-refractivity contribution is 6.24. The molecule has 6 N–H and O–H groups in total. The van der Waals surface area contributed by atoms with Crippen LogP contribution in [0.5, 0.6) is 23.0 Å². The van der Waals surface area contributed by atoms with E-state index < -0.39 is 58.0 Å². The number of aliphatic hydroxyl groups excluding tert-OH is 2. The topological polar surface area (TPSA) is 189 Å². The predicted octanol–water partition coefficient (Wildman–Crippen LogP) is 1.66. The lowest BCUT2D eigenvalue weighted by Crippen LogP contribution is -2.65. The first-order chi connectivity index (χ1) is 19.8. The van der Waals surface area contributed by atoms with E-state index in [1.54, 1.807) is 32.3 Å². The average Bonchev–Trinajstić information content (AvgIpc) is 2.93. The van der Waals surface area contributed by atoms with E-state index in [0.717, 1.165) is 0 Å². The van der Waals surface area contributed by atoms with Gasteiger partial charge in [-0.3, -0.25) is 19.3 Å². The number of rotatable bonds is 6. The van der Waals surface area contributed by atoms with Gasteiger partial charge in [-0.05, 0) is 62.2 Å². The van der Waals surface area contributed by atoms with Crippen LogP contribution in [0.2, 0.25) is 0 Å². The maximum Gasteiger partial charge on any atom is 0.255 e. The number of ether oxygens (including phenoxy) is 3. The van der Waals surface area contributed by atoms with Crippen LogP contribution in [0, 0.1) is 11.8 Å². The lowest BCUT2D eigenvalue weighted by atomic mass is 9.57. The van der Waals surface area contributed by atoms with Gasteiger partial charge in [0, 0.05) is 17.1 Å². The molecule has 1 amide bonds. The number of aromatic hydroxyl groups is 1. The largest absolute Gasteiger partial charge is 0.508 e. The standard InChI is InChI=1S/C30H32N2O10/c1-32(2)22-16-11-12-10-15-13(14-7-9-18(40-3)26(42-5)25(14)41-4)6-8-17(33)20(15)23(34)19(12)27(36)30(16,39)28(37)21(24(22)35)29(31)38/h6-9,12,16,22,33-34,37,39H,10-11H2,1-5H3,(H2,31,38)/t12-,16-,22?,30-/m1/s1. The second kappa shape index (κ2) is 10.1. The van der Waals surface area contributed by atoms with Crippen molar-refractivity contribution in [2.75, 3.05) is 35.4 Å². The summed E-state index contributed by atoms with van der Waals surface area (Å²) in [5.41, 5.74) is 3.18. The minimum Gasteiger partial charge on any atom is -0.508 e. The molecule has 12 nitrogen and oxygen atoms in total. The van der Waals surface area contributed by atoms with E-state index >= 15 is 0 Å². The molecule has 3 aliphatic rings. The fourth-order valence-electron chi connectivity index (χ4n) is 6.81. The first-order valence-electron chi connectivity index (χ1n) is 13.1. The van der Waals surface area contributed by atoms with Gasteiger partial charge in [-0.25, -0.2) is 0 Å². The van der Waals surface area contributed by atoms with E-state index in [0.29, 0.717) is 33.9 Å². The van der Waals surface area contributed by atoms with E-state index in [1.165, 1.54) is 32.3 Å². The number of Topliss-reactive ketones (excluding diaryl/α,β-unsaturated/α-hetero) is 2. The molecule has 42 heavy (non-hydrogen) atoms. The van der Waals surface area contributed by atoms with E-state index in [2.05, 4.69) is 0 Å². The molecule has 0 bridgehead atoms. The first kappa shape index (κ1) is 29.0. The molecule has 0 aliphatic heterocycles. The number of hydrogen-bond acceptors (Lipinski definition) is 11. The van der Waals surface area contributed by atoms with Crippen molar-refractivity contribution >= 4 is 23.2 Å². The zero-order valence-corrected chi connectivity index (χ0v) is 23.7. The van der Waals surface area contributed by atoms with Crippen molar-refractivity contribution < 1.29 is 49.0 Å². The third-order valence-electron chi connectivity index (χ3n) is 8.60. The summed E-state index contributed by atoms with van der Waals surface area (Å²) in [5.74, 6) is -6.00. The number of ketones is 2. The molecule has 0 spiro atoms. The molecule has 1 unspecified atom stereocenters. The lowest BCUT2D eigenvalue weighted by Gasteiger charge is -2.50. The van der Waals surface area contributed by atoms with Crippen LogP contribution in [0.15, 0.2) is 41.2 Å². The number of carbonyl (C=O) groups is 3. The Morgan fingerprint density at radius 3 is 2.19 bits per heavy atom. The monoisotopic (exact) mass is 580 g/mol. The second-order valence-electron chi connectivity index (χ2n) is 10.8. The third kappa shape index (κ3) is 3.78. The Bertz CT molecular complexity index is 1610. The van der Waals surface area contributed by atoms with Crippen LogP contribution in [0.25, 0.3) is 16.9 Å². The van der Waals surface area contributed by atoms with E-state index in [1.807, 2.05) is 0 Å². The molecule has 1 fully saturated rings. The molecule has 12 heteroatoms. The number of nitrogens with two attached hydrogens (primary N) is 1. The summed E-state index contributed by atoms with van der Waals surface area (Å²) in [4.78, 5) is 40.9. The van der Waals surface area contributed by atoms with Crippen molar-refractivity contribution in [2.24, 2.45) is 17.6 Å². The Kier molecular flexibility index (Phi) is 6.94. The summed E-state index contributed by atoms with van der Waals surface area (Å²) < 4.78 is 16.6. The number of amides is 1. The van der Waals surface area contributed by atoms with E-state index in [-0.39, 0.29) is 29.7 Å². The van der Waals surface area contributed by atoms with Gasteiger partial charge >= 0.3 is 0 Å². The number of hydrogen-bond donors (Lipinski definition) is 5. The zero-order chi connectivity index (χ0) is 30.8. The van der Waals surface area contributed by atoms with Crippen LogP contribution in [-0.2, 0) is 20.8 Å². The number of fused-ring (bicyclic) bond motifs is 3. The van der Waals surface area contributed by atoms with E-state index in [4.69, 9.17) is 19.9 Å². The van der Waals surface area contributed by atoms with Gasteiger partial charge in [0.05, 0.1) is 32.9 Å². The average molecular weight is 581 g/mol. The van der Waals surface area contributed by atoms with Crippen LogP contribution in [0.1, 0.15) is 17.5 Å². The Morgan fingerprint density at radius 2 is 1.62 bits per heavy atom. The SMILES string of the molecule is COc1ccc(-c2ccc(O)c3c2C[C@@H]2C[C@@H]4C(N(C)C)C(=O)C(C(N)=O)=C(O)[C@]4(O)C(=O)C2=C3O)c(OC)c1OC. The van der Waals surface area contributed by atoms with E-state index in [9.17, 15) is 34.8 Å². The number of primary amides is 1. The van der Waals surface area contributed by atoms with Crippen LogP contribution < -0.4 is 19.9 Å². The molecule has 0 aromatic heterocycles. The normalized spacial score (nSPS) is 25.2. The number of nitrogens with zero attached hydrogens (tertiary/aromatic N) is 1. The molecule has 0 heterocycles. The first-order valence-corrected chi connectivity index (χ1v) is 13.1. The van der Waals surface area contributed by atoms with Crippen molar-refractivity contribution in [3.8, 4) is 34.1 Å². The number of methoxy groups -OCH3 is 3. The van der Waals surface area contributed by atoms with Crippen molar-refractivity contribution in [3.05, 3.63) is 52.3 Å². The van der Waals surface area contributed by atoms with Gasteiger partial charge in [0.25, 0.3) is 5.91 Å². The van der Waals surface area contributed by atoms with Gasteiger partial charge in [0.1, 0.15) is 22.8 Å². The molecule has 1 saturated carbocycles. The summed E-state index contributed by atoms with van der Waals surface area (Å²) in [6, 6.07) is 5.26. The molecule has 0 radical (unpaired) electrons. The van der Waals surface area contributed by atoms with Gasteiger partial charge in [-0.2, -0.15) is 0 Å². The molecule has 2 aromatic rings. The molecule has 3 aliphatic carbocycles. The van der Waals surface area contributed by atoms with Gasteiger partial charge in [0.2, 0.25) is 11.5 Å². The van der Waals surface area contributed by atoms with Crippen molar-refractivity contribution in [3.63, 3.8) is 0 Å². The smallest absolute Gasteiger partial charge is 0.255 e. The molecular formula is C30H32N2O10. The fourth-order valence-corrected chi connectivity index (χ4v) is 6.81. The number of phenols is 1. The number of aliphatic hydroxyl groups is 3. The van der Waals surface area contributed by atoms with Crippen LogP contribution >= 0.6 is 0 Å². The second-order valence-corrected chi connectivity index (χ2v) is 10.8. The van der Waals surface area contributed by atoms with Crippen molar-refractivity contribution in [1.29, 1.82) is 0 Å². The minimum atomic E-state index is -2.70. The predicted molar refractivity (Wildman–Crippen MR) is 149 cm³/mol. The van der Waals surface area contributed by atoms with Crippen molar-refractivity contribution in [1.82, 2.24) is 4.90 Å². The van der Waals surface area contributed by atoms with Crippen molar-refractivity contribution in [2.45, 2.75) is 24.5 Å². The highest BCUT2D eigenvalue weighted by Gasteiger charge is 2.64. The van der Waals surface area contributed by atoms with Crippen LogP contribution in [-0.4, -0.2) is 89.9 Å². The van der Waals surface area contributed by atoms with Gasteiger partial charge in [-0.1, -0.05) is 6.07 Å². The molecule has 0 saturated heterocycles. The van der Waals surface area contributed by atoms with Gasteiger partial charge < -0.3 is 40.4 Å². The summed E-state index contributed by atoms with van der Waals surface area (Å²) in [7, 11) is 7.51. The molecular weight excluding hydrogens is 548 g/mol. The Morgan fingerprint density at radius 1 is 0.976 bits per heavy atom. The minimum absolute atomic E-state index is 0.0239. The van der Waals surface area contributed by atoms with Crippen LogP contribution in [0.4, 0.5) is 0 Å².